The Hall–Kier alpha value is -8.27. The topological polar surface area (TPSA) is 183 Å². The van der Waals surface area contributed by atoms with Gasteiger partial charge in [-0.1, -0.05) is 78.9 Å². The number of aromatic nitrogens is 1. The maximum Gasteiger partial charge on any atom is 0.294 e. The molecule has 7 amide bonds. The molecule has 16 heteroatoms. The van der Waals surface area contributed by atoms with E-state index in [4.69, 9.17) is 4.42 Å². The average Bonchev–Trinajstić information content (AvgIpc) is 3.96. The molecule has 3 atom stereocenters. The van der Waals surface area contributed by atoms with Gasteiger partial charge in [0.2, 0.25) is 23.6 Å². The molecule has 2 N–H and O–H groups in total. The highest BCUT2D eigenvalue weighted by molar-refractivity contribution is 6.24. The van der Waals surface area contributed by atoms with Gasteiger partial charge in [0, 0.05) is 56.2 Å². The SMILES string of the molecule is O=C1CCC(N2C(=O)c3cc(F)c(N4CCN(C(=O)[C@H](NC(=O)[C@@H](c5cccnc5)N(C(=O)c5ccco5)c5ccc(-c6ccccc6)cc5)c5ccccc5)CC4)cc3C2=O)C(=O)N1. The number of anilines is 2. The number of benzene rings is 4. The van der Waals surface area contributed by atoms with Gasteiger partial charge in [-0.2, -0.15) is 0 Å². The van der Waals surface area contributed by atoms with Gasteiger partial charge in [-0.15, -0.1) is 0 Å². The van der Waals surface area contributed by atoms with Gasteiger partial charge in [0.25, 0.3) is 17.7 Å². The minimum atomic E-state index is -1.34. The van der Waals surface area contributed by atoms with Crippen molar-refractivity contribution in [2.45, 2.75) is 31.0 Å². The molecule has 4 aromatic carbocycles. The predicted molar refractivity (Wildman–Crippen MR) is 234 cm³/mol. The van der Waals surface area contributed by atoms with Crippen LogP contribution in [0.3, 0.4) is 0 Å². The zero-order valence-corrected chi connectivity index (χ0v) is 34.6. The van der Waals surface area contributed by atoms with E-state index in [0.29, 0.717) is 16.8 Å². The Balaban J connectivity index is 0.977. The fraction of sp³-hybridized carbons (Fsp3) is 0.184. The number of hydrogen-bond donors (Lipinski definition) is 2. The monoisotopic (exact) mass is 873 g/mol. The summed E-state index contributed by atoms with van der Waals surface area (Å²) < 4.78 is 21.4. The van der Waals surface area contributed by atoms with E-state index < -0.39 is 65.3 Å². The van der Waals surface area contributed by atoms with Crippen LogP contribution in [-0.4, -0.2) is 88.4 Å². The van der Waals surface area contributed by atoms with Gasteiger partial charge in [0.15, 0.2) is 5.76 Å². The quantitative estimate of drug-likeness (QED) is 0.158. The standard InChI is InChI=1S/C49H40FN7O8/c50-37-27-35-36(47(62)57(46(35)61)38-19-20-41(58)52-44(38)59)28-39(37)54-22-24-55(25-23-54)49(64)42(32-11-5-2-6-12-32)53-45(60)43(33-13-7-21-51-29-33)56(48(63)40-14-8-26-65-40)34-17-15-31(16-18-34)30-9-3-1-4-10-30/h1-18,21,26-29,38,42-43H,19-20,22-25H2,(H,53,60)(H,52,58,59)/t38?,42-,43-/m1/s1. The van der Waals surface area contributed by atoms with Crippen molar-refractivity contribution in [3.05, 3.63) is 174 Å². The molecule has 3 aliphatic rings. The first kappa shape index (κ1) is 42.1. The Morgan fingerprint density at radius 1 is 0.769 bits per heavy atom. The highest BCUT2D eigenvalue weighted by Gasteiger charge is 2.46. The fourth-order valence-corrected chi connectivity index (χ4v) is 8.53. The lowest BCUT2D eigenvalue weighted by Gasteiger charge is -2.38. The molecule has 2 aromatic heterocycles. The number of pyridine rings is 1. The normalized spacial score (nSPS) is 17.0. The molecule has 0 saturated carbocycles. The van der Waals surface area contributed by atoms with Crippen LogP contribution >= 0.6 is 0 Å². The molecule has 0 bridgehead atoms. The number of nitrogens with zero attached hydrogens (tertiary/aromatic N) is 5. The van der Waals surface area contributed by atoms with E-state index in [1.54, 1.807) is 76.7 Å². The number of halogens is 1. The van der Waals surface area contributed by atoms with Gasteiger partial charge < -0.3 is 19.5 Å². The molecular weight excluding hydrogens is 834 g/mol. The number of amides is 7. The number of imide groups is 2. The molecule has 326 valence electrons. The highest BCUT2D eigenvalue weighted by atomic mass is 19.1. The van der Waals surface area contributed by atoms with Crippen LogP contribution in [0.1, 0.15) is 67.3 Å². The first-order valence-electron chi connectivity index (χ1n) is 20.9. The van der Waals surface area contributed by atoms with Crippen LogP contribution in [-0.2, 0) is 19.2 Å². The van der Waals surface area contributed by atoms with E-state index in [2.05, 4.69) is 15.6 Å². The van der Waals surface area contributed by atoms with Gasteiger partial charge in [-0.25, -0.2) is 4.39 Å². The van der Waals surface area contributed by atoms with Crippen molar-refractivity contribution < 1.29 is 42.4 Å². The largest absolute Gasteiger partial charge is 0.459 e. The molecule has 9 rings (SSSR count). The number of piperidine rings is 1. The van der Waals surface area contributed by atoms with Crippen molar-refractivity contribution in [2.75, 3.05) is 36.0 Å². The zero-order valence-electron chi connectivity index (χ0n) is 34.6. The second kappa shape index (κ2) is 17.8. The number of carbonyl (C=O) groups is 7. The lowest BCUT2D eigenvalue weighted by atomic mass is 10.0. The zero-order chi connectivity index (χ0) is 45.2. The van der Waals surface area contributed by atoms with Gasteiger partial charge in [0.05, 0.1) is 23.1 Å². The smallest absolute Gasteiger partial charge is 0.294 e. The average molecular weight is 874 g/mol. The molecular formula is C49H40FN7O8. The molecule has 15 nitrogen and oxygen atoms in total. The summed E-state index contributed by atoms with van der Waals surface area (Å²) in [4.78, 5) is 105. The first-order valence-corrected chi connectivity index (χ1v) is 20.9. The third kappa shape index (κ3) is 8.24. The maximum absolute atomic E-state index is 15.8. The van der Waals surface area contributed by atoms with E-state index in [9.17, 15) is 33.6 Å². The van der Waals surface area contributed by atoms with E-state index in [-0.39, 0.29) is 61.6 Å². The molecule has 2 saturated heterocycles. The number of nitrogens with one attached hydrogen (secondary N) is 2. The number of piperazine rings is 1. The molecule has 1 unspecified atom stereocenters. The first-order chi connectivity index (χ1) is 31.6. The van der Waals surface area contributed by atoms with Crippen molar-refractivity contribution in [1.82, 2.24) is 25.4 Å². The third-order valence-corrected chi connectivity index (χ3v) is 11.8. The van der Waals surface area contributed by atoms with Crippen molar-refractivity contribution in [1.29, 1.82) is 0 Å². The predicted octanol–water partition coefficient (Wildman–Crippen LogP) is 5.48. The number of carbonyl (C=O) groups excluding carboxylic acids is 7. The molecule has 6 aromatic rings. The third-order valence-electron chi connectivity index (χ3n) is 11.8. The van der Waals surface area contributed by atoms with E-state index in [1.807, 2.05) is 42.5 Å². The second-order valence-corrected chi connectivity index (χ2v) is 15.7. The number of rotatable bonds is 11. The minimum Gasteiger partial charge on any atom is -0.459 e. The Morgan fingerprint density at radius 2 is 1.43 bits per heavy atom. The van der Waals surface area contributed by atoms with Crippen LogP contribution in [0.2, 0.25) is 0 Å². The fourth-order valence-electron chi connectivity index (χ4n) is 8.53. The Bertz CT molecular complexity index is 2800. The summed E-state index contributed by atoms with van der Waals surface area (Å²) in [5, 5.41) is 5.11. The van der Waals surface area contributed by atoms with E-state index >= 15 is 4.39 Å². The van der Waals surface area contributed by atoms with Crippen LogP contribution in [0.5, 0.6) is 0 Å². The molecule has 2 fully saturated rings. The summed E-state index contributed by atoms with van der Waals surface area (Å²) in [6.45, 7) is 0.427. The molecule has 0 spiro atoms. The molecule has 0 radical (unpaired) electrons. The highest BCUT2D eigenvalue weighted by Crippen LogP contribution is 2.35. The lowest BCUT2D eigenvalue weighted by molar-refractivity contribution is -0.137. The summed E-state index contributed by atoms with van der Waals surface area (Å²) in [5.41, 5.74) is 2.83. The summed E-state index contributed by atoms with van der Waals surface area (Å²) in [7, 11) is 0. The van der Waals surface area contributed by atoms with Crippen molar-refractivity contribution in [2.24, 2.45) is 0 Å². The van der Waals surface area contributed by atoms with E-state index in [0.717, 1.165) is 22.1 Å². The van der Waals surface area contributed by atoms with Gasteiger partial charge in [0.1, 0.15) is 23.9 Å². The van der Waals surface area contributed by atoms with Gasteiger partial charge in [-0.3, -0.25) is 53.7 Å². The summed E-state index contributed by atoms with van der Waals surface area (Å²) in [5.74, 6) is -5.42. The number of furan rings is 1. The van der Waals surface area contributed by atoms with Crippen LogP contribution in [0.25, 0.3) is 11.1 Å². The van der Waals surface area contributed by atoms with Gasteiger partial charge >= 0.3 is 0 Å². The Morgan fingerprint density at radius 3 is 2.08 bits per heavy atom. The van der Waals surface area contributed by atoms with Crippen LogP contribution < -0.4 is 20.4 Å². The molecule has 3 aliphatic heterocycles. The maximum atomic E-state index is 15.8. The van der Waals surface area contributed by atoms with Crippen molar-refractivity contribution in [3.63, 3.8) is 0 Å². The van der Waals surface area contributed by atoms with E-state index in [1.165, 1.54) is 29.5 Å². The summed E-state index contributed by atoms with van der Waals surface area (Å²) in [6.07, 6.45) is 4.30. The molecule has 65 heavy (non-hydrogen) atoms. The lowest BCUT2D eigenvalue weighted by Crippen LogP contribution is -2.54. The Kier molecular flexibility index (Phi) is 11.5. The minimum absolute atomic E-state index is 0.0187. The second-order valence-electron chi connectivity index (χ2n) is 15.7. The molecule has 5 heterocycles. The van der Waals surface area contributed by atoms with Crippen LogP contribution in [0.4, 0.5) is 15.8 Å². The summed E-state index contributed by atoms with van der Waals surface area (Å²) >= 11 is 0. The molecule has 0 aliphatic carbocycles. The van der Waals surface area contributed by atoms with Crippen LogP contribution in [0.15, 0.2) is 144 Å². The van der Waals surface area contributed by atoms with Crippen molar-refractivity contribution in [3.8, 4) is 11.1 Å². The summed E-state index contributed by atoms with van der Waals surface area (Å²) in [6, 6.07) is 30.4. The van der Waals surface area contributed by atoms with Crippen molar-refractivity contribution >= 4 is 52.7 Å². The van der Waals surface area contributed by atoms with Crippen LogP contribution in [0, 0.1) is 5.82 Å². The number of hydrogen-bond acceptors (Lipinski definition) is 10. The van der Waals surface area contributed by atoms with Gasteiger partial charge in [-0.05, 0) is 65.6 Å². The Labute approximate surface area is 371 Å². The number of fused-ring (bicyclic) bond motifs is 1.